The maximum absolute atomic E-state index is 12.7. The fourth-order valence-electron chi connectivity index (χ4n) is 0.693. The molecule has 0 aliphatic rings. The first-order valence-corrected chi connectivity index (χ1v) is 3.80. The van der Waals surface area contributed by atoms with E-state index in [0.717, 1.165) is 6.07 Å². The number of nitrogens with zero attached hydrogens (tertiary/aromatic N) is 1. The zero-order chi connectivity index (χ0) is 9.30. The summed E-state index contributed by atoms with van der Waals surface area (Å²) in [7, 11) is 0. The smallest absolute Gasteiger partial charge is 0.166 e. The molecule has 5 heteroatoms. The van der Waals surface area contributed by atoms with E-state index in [0.29, 0.717) is 0 Å². The van der Waals surface area contributed by atoms with Gasteiger partial charge in [0.1, 0.15) is 5.15 Å². The molecule has 12 heavy (non-hydrogen) atoms. The van der Waals surface area contributed by atoms with Gasteiger partial charge in [0.05, 0.1) is 5.56 Å². The molecule has 0 unspecified atom stereocenters. The number of pyridine rings is 1. The van der Waals surface area contributed by atoms with Crippen molar-refractivity contribution in [3.05, 3.63) is 27.8 Å². The number of ketones is 1. The van der Waals surface area contributed by atoms with Crippen molar-refractivity contribution in [2.45, 2.75) is 6.92 Å². The van der Waals surface area contributed by atoms with Crippen LogP contribution in [0.1, 0.15) is 17.3 Å². The van der Waals surface area contributed by atoms with E-state index in [9.17, 15) is 9.18 Å². The van der Waals surface area contributed by atoms with Gasteiger partial charge in [-0.1, -0.05) is 23.2 Å². The minimum atomic E-state index is -0.744. The highest BCUT2D eigenvalue weighted by Crippen LogP contribution is 2.20. The third-order valence-corrected chi connectivity index (χ3v) is 1.82. The largest absolute Gasteiger partial charge is 0.294 e. The minimum absolute atomic E-state index is 0.0403. The summed E-state index contributed by atoms with van der Waals surface area (Å²) in [6, 6.07) is 0.972. The molecular formula is C7H4Cl2FNO. The van der Waals surface area contributed by atoms with Gasteiger partial charge < -0.3 is 0 Å². The van der Waals surface area contributed by atoms with Crippen molar-refractivity contribution >= 4 is 29.0 Å². The van der Waals surface area contributed by atoms with Crippen molar-refractivity contribution < 1.29 is 9.18 Å². The first-order valence-electron chi connectivity index (χ1n) is 3.05. The first-order chi connectivity index (χ1) is 5.52. The van der Waals surface area contributed by atoms with Crippen LogP contribution in [0.3, 0.4) is 0 Å². The van der Waals surface area contributed by atoms with Crippen molar-refractivity contribution in [1.29, 1.82) is 0 Å². The highest BCUT2D eigenvalue weighted by Gasteiger charge is 2.11. The molecule has 0 fully saturated rings. The topological polar surface area (TPSA) is 30.0 Å². The molecule has 0 radical (unpaired) electrons. The molecule has 0 saturated carbocycles. The Hall–Kier alpha value is -0.670. The Labute approximate surface area is 78.3 Å². The van der Waals surface area contributed by atoms with Crippen LogP contribution in [0.2, 0.25) is 10.3 Å². The van der Waals surface area contributed by atoms with Gasteiger partial charge in [-0.25, -0.2) is 9.37 Å². The highest BCUT2D eigenvalue weighted by molar-refractivity contribution is 6.34. The van der Waals surface area contributed by atoms with Crippen molar-refractivity contribution in [2.75, 3.05) is 0 Å². The molecule has 0 aliphatic carbocycles. The first kappa shape index (κ1) is 9.42. The van der Waals surface area contributed by atoms with Gasteiger partial charge >= 0.3 is 0 Å². The summed E-state index contributed by atoms with van der Waals surface area (Å²) < 4.78 is 12.7. The van der Waals surface area contributed by atoms with Crippen LogP contribution in [0.15, 0.2) is 6.07 Å². The molecule has 0 N–H and O–H groups in total. The molecule has 0 aliphatic heterocycles. The molecule has 2 nitrogen and oxygen atoms in total. The monoisotopic (exact) mass is 207 g/mol. The molecule has 1 rings (SSSR count). The van der Waals surface area contributed by atoms with Crippen LogP contribution in [0, 0.1) is 5.82 Å². The Kier molecular flexibility index (Phi) is 2.65. The highest BCUT2D eigenvalue weighted by atomic mass is 35.5. The summed E-state index contributed by atoms with van der Waals surface area (Å²) in [5.41, 5.74) is 0.0403. The van der Waals surface area contributed by atoms with Gasteiger partial charge in [0.25, 0.3) is 0 Å². The lowest BCUT2D eigenvalue weighted by Crippen LogP contribution is -1.97. The number of hydrogen-bond donors (Lipinski definition) is 0. The average molecular weight is 208 g/mol. The molecule has 1 aromatic heterocycles. The van der Waals surface area contributed by atoms with Crippen LogP contribution in [0.5, 0.6) is 0 Å². The molecule has 0 saturated heterocycles. The number of halogens is 3. The third kappa shape index (κ3) is 1.73. The fraction of sp³-hybridized carbons (Fsp3) is 0.143. The van der Waals surface area contributed by atoms with E-state index in [-0.39, 0.29) is 21.7 Å². The second-order valence-electron chi connectivity index (χ2n) is 2.16. The Morgan fingerprint density at radius 3 is 2.58 bits per heavy atom. The maximum Gasteiger partial charge on any atom is 0.166 e. The van der Waals surface area contributed by atoms with Crippen molar-refractivity contribution in [3.8, 4) is 0 Å². The van der Waals surface area contributed by atoms with E-state index >= 15 is 0 Å². The number of Topliss-reactive ketones (excluding diaryl/α,β-unsaturated/α-hetero) is 1. The summed E-state index contributed by atoms with van der Waals surface area (Å²) in [4.78, 5) is 14.2. The van der Waals surface area contributed by atoms with Gasteiger partial charge in [0.15, 0.2) is 16.8 Å². The number of carbonyl (C=O) groups is 1. The van der Waals surface area contributed by atoms with E-state index in [1.165, 1.54) is 6.92 Å². The van der Waals surface area contributed by atoms with Crippen molar-refractivity contribution in [1.82, 2.24) is 4.98 Å². The Balaban J connectivity index is 3.33. The molecule has 1 heterocycles. The van der Waals surface area contributed by atoms with E-state index in [1.54, 1.807) is 0 Å². The van der Waals surface area contributed by atoms with Crippen LogP contribution in [0.4, 0.5) is 4.39 Å². The van der Waals surface area contributed by atoms with Crippen LogP contribution in [-0.4, -0.2) is 10.8 Å². The number of aromatic nitrogens is 1. The SMILES string of the molecule is CC(=O)c1cc(F)c(Cl)nc1Cl. The third-order valence-electron chi connectivity index (χ3n) is 1.27. The number of carbonyl (C=O) groups excluding carboxylic acids is 1. The van der Waals surface area contributed by atoms with Gasteiger partial charge in [0.2, 0.25) is 0 Å². The van der Waals surface area contributed by atoms with E-state index in [1.807, 2.05) is 0 Å². The fourth-order valence-corrected chi connectivity index (χ4v) is 1.15. The standard InChI is InChI=1S/C7H4Cl2FNO/c1-3(12)4-2-5(10)7(9)11-6(4)8/h2H,1H3. The molecule has 1 aromatic rings. The Bertz CT molecular complexity index is 340. The normalized spacial score (nSPS) is 10.0. The predicted molar refractivity (Wildman–Crippen MR) is 44.2 cm³/mol. The summed E-state index contributed by atoms with van der Waals surface area (Å²) >= 11 is 10.8. The van der Waals surface area contributed by atoms with Crippen LogP contribution in [-0.2, 0) is 0 Å². The summed E-state index contributed by atoms with van der Waals surface area (Å²) in [6.45, 7) is 1.27. The second kappa shape index (κ2) is 3.37. The van der Waals surface area contributed by atoms with Gasteiger partial charge in [-0.15, -0.1) is 0 Å². The molecule has 0 atom stereocenters. The lowest BCUT2D eigenvalue weighted by atomic mass is 10.2. The molecule has 64 valence electrons. The van der Waals surface area contributed by atoms with E-state index in [2.05, 4.69) is 4.98 Å². The molecule has 0 amide bonds. The zero-order valence-corrected chi connectivity index (χ0v) is 7.58. The van der Waals surface area contributed by atoms with Crippen molar-refractivity contribution in [3.63, 3.8) is 0 Å². The summed E-state index contributed by atoms with van der Waals surface area (Å²) in [6.07, 6.45) is 0. The van der Waals surface area contributed by atoms with Gasteiger partial charge in [0, 0.05) is 0 Å². The average Bonchev–Trinajstić information content (AvgIpc) is 1.96. The zero-order valence-electron chi connectivity index (χ0n) is 6.07. The Morgan fingerprint density at radius 2 is 2.08 bits per heavy atom. The number of rotatable bonds is 1. The van der Waals surface area contributed by atoms with Crippen LogP contribution < -0.4 is 0 Å². The van der Waals surface area contributed by atoms with E-state index in [4.69, 9.17) is 23.2 Å². The quantitative estimate of drug-likeness (QED) is 0.524. The van der Waals surface area contributed by atoms with Gasteiger partial charge in [-0.3, -0.25) is 4.79 Å². The maximum atomic E-state index is 12.7. The lowest BCUT2D eigenvalue weighted by molar-refractivity contribution is 0.101. The second-order valence-corrected chi connectivity index (χ2v) is 2.87. The van der Waals surface area contributed by atoms with E-state index < -0.39 is 5.82 Å². The summed E-state index contributed by atoms with van der Waals surface area (Å²) in [5, 5.41) is -0.404. The molecule has 0 aromatic carbocycles. The number of hydrogen-bond acceptors (Lipinski definition) is 2. The van der Waals surface area contributed by atoms with Crippen molar-refractivity contribution in [2.24, 2.45) is 0 Å². The summed E-state index contributed by atoms with van der Waals surface area (Å²) in [5.74, 6) is -1.09. The minimum Gasteiger partial charge on any atom is -0.294 e. The van der Waals surface area contributed by atoms with Gasteiger partial charge in [-0.05, 0) is 13.0 Å². The molecule has 0 bridgehead atoms. The predicted octanol–water partition coefficient (Wildman–Crippen LogP) is 2.73. The molecule has 0 spiro atoms. The lowest BCUT2D eigenvalue weighted by Gasteiger charge is -1.99. The Morgan fingerprint density at radius 1 is 1.50 bits per heavy atom. The van der Waals surface area contributed by atoms with Gasteiger partial charge in [-0.2, -0.15) is 0 Å². The van der Waals surface area contributed by atoms with Crippen LogP contribution in [0.25, 0.3) is 0 Å². The molecular weight excluding hydrogens is 204 g/mol. The van der Waals surface area contributed by atoms with Crippen LogP contribution >= 0.6 is 23.2 Å².